The molecule has 0 fully saturated rings. The van der Waals surface area contributed by atoms with Gasteiger partial charge in [0, 0.05) is 6.61 Å². The Morgan fingerprint density at radius 1 is 1.50 bits per heavy atom. The van der Waals surface area contributed by atoms with Gasteiger partial charge in [0.25, 0.3) is 0 Å². The highest BCUT2D eigenvalue weighted by molar-refractivity contribution is 5.04. The first-order valence-corrected chi connectivity index (χ1v) is 3.23. The van der Waals surface area contributed by atoms with E-state index in [-0.39, 0.29) is 6.61 Å². The molecule has 1 heterocycles. The van der Waals surface area contributed by atoms with E-state index in [1.807, 2.05) is 6.92 Å². The molecule has 0 saturated heterocycles. The summed E-state index contributed by atoms with van der Waals surface area (Å²) in [6.45, 7) is 2.02. The van der Waals surface area contributed by atoms with E-state index in [1.165, 1.54) is 0 Å². The number of aliphatic hydroxyl groups is 1. The molecule has 1 N–H and O–H groups in total. The maximum Gasteiger partial charge on any atom is 0.108 e. The molecule has 4 heteroatoms. The van der Waals surface area contributed by atoms with Gasteiger partial charge in [0.1, 0.15) is 11.4 Å². The van der Waals surface area contributed by atoms with Crippen LogP contribution in [0.15, 0.2) is 4.63 Å². The largest absolute Gasteiger partial charge is 0.396 e. The van der Waals surface area contributed by atoms with Gasteiger partial charge in [-0.05, 0) is 19.8 Å². The van der Waals surface area contributed by atoms with Crippen molar-refractivity contribution in [3.8, 4) is 0 Å². The maximum absolute atomic E-state index is 8.48. The van der Waals surface area contributed by atoms with Gasteiger partial charge in [-0.2, -0.15) is 0 Å². The van der Waals surface area contributed by atoms with Crippen LogP contribution in [-0.4, -0.2) is 22.0 Å². The Hall–Kier alpha value is -0.900. The average Bonchev–Trinajstić information content (AvgIpc) is 2.31. The minimum atomic E-state index is 0.187. The minimum absolute atomic E-state index is 0.187. The Kier molecular flexibility index (Phi) is 2.39. The summed E-state index contributed by atoms with van der Waals surface area (Å²) in [5.41, 5.74) is 1.66. The second kappa shape index (κ2) is 3.31. The lowest BCUT2D eigenvalue weighted by Crippen LogP contribution is -1.91. The third-order valence-corrected chi connectivity index (χ3v) is 1.32. The zero-order valence-electron chi connectivity index (χ0n) is 5.87. The topological polar surface area (TPSA) is 59.2 Å². The van der Waals surface area contributed by atoms with Gasteiger partial charge in [-0.15, -0.1) is 0 Å². The molecule has 0 bridgehead atoms. The molecule has 0 aliphatic heterocycles. The van der Waals surface area contributed by atoms with Gasteiger partial charge in [0.05, 0.1) is 0 Å². The summed E-state index contributed by atoms with van der Waals surface area (Å²) in [5, 5.41) is 15.7. The van der Waals surface area contributed by atoms with Crippen LogP contribution in [0.25, 0.3) is 0 Å². The maximum atomic E-state index is 8.48. The van der Waals surface area contributed by atoms with Gasteiger partial charge in [-0.1, -0.05) is 10.3 Å². The van der Waals surface area contributed by atoms with Crippen molar-refractivity contribution in [2.75, 3.05) is 6.61 Å². The number of rotatable bonds is 3. The molecule has 0 atom stereocenters. The van der Waals surface area contributed by atoms with Crippen molar-refractivity contribution in [3.05, 3.63) is 11.4 Å². The van der Waals surface area contributed by atoms with Crippen molar-refractivity contribution in [1.29, 1.82) is 0 Å². The molecule has 1 rings (SSSR count). The third kappa shape index (κ3) is 1.54. The first kappa shape index (κ1) is 7.21. The van der Waals surface area contributed by atoms with E-state index < -0.39 is 0 Å². The van der Waals surface area contributed by atoms with E-state index in [0.717, 1.165) is 24.2 Å². The Balaban J connectivity index is 2.49. The second-order valence-electron chi connectivity index (χ2n) is 2.12. The predicted octanol–water partition coefficient (Wildman–Crippen LogP) is 0.303. The van der Waals surface area contributed by atoms with Gasteiger partial charge < -0.3 is 5.11 Å². The monoisotopic (exact) mass is 142 g/mol. The predicted molar refractivity (Wildman–Crippen MR) is 34.4 cm³/mol. The summed E-state index contributed by atoms with van der Waals surface area (Å²) in [6, 6.07) is 0. The fraction of sp³-hybridized carbons (Fsp3) is 0.667. The highest BCUT2D eigenvalue weighted by Gasteiger charge is 2.02. The number of hydrogen-bond acceptors (Lipinski definition) is 4. The third-order valence-electron chi connectivity index (χ3n) is 1.32. The lowest BCUT2D eigenvalue weighted by atomic mass is 10.2. The standard InChI is InChI=1S/C6H10N2O2/c1-5-6(3-2-4-9)8-10-7-5/h9H,2-4H2,1H3. The second-order valence-corrected chi connectivity index (χ2v) is 2.12. The number of hydrogen-bond donors (Lipinski definition) is 1. The number of aliphatic hydroxyl groups excluding tert-OH is 1. The molecule has 56 valence electrons. The molecule has 0 unspecified atom stereocenters. The molecular formula is C6H10N2O2. The van der Waals surface area contributed by atoms with Crippen LogP contribution >= 0.6 is 0 Å². The van der Waals surface area contributed by atoms with Gasteiger partial charge >= 0.3 is 0 Å². The van der Waals surface area contributed by atoms with Crippen LogP contribution in [-0.2, 0) is 6.42 Å². The lowest BCUT2D eigenvalue weighted by molar-refractivity contribution is 0.282. The lowest BCUT2D eigenvalue weighted by Gasteiger charge is -1.90. The first-order valence-electron chi connectivity index (χ1n) is 3.23. The smallest absolute Gasteiger partial charge is 0.108 e. The molecule has 0 spiro atoms. The molecule has 0 saturated carbocycles. The Morgan fingerprint density at radius 3 is 2.80 bits per heavy atom. The van der Waals surface area contributed by atoms with E-state index >= 15 is 0 Å². The normalized spacial score (nSPS) is 10.2. The molecule has 1 aromatic heterocycles. The van der Waals surface area contributed by atoms with Crippen LogP contribution < -0.4 is 0 Å². The highest BCUT2D eigenvalue weighted by Crippen LogP contribution is 2.02. The Morgan fingerprint density at radius 2 is 2.30 bits per heavy atom. The van der Waals surface area contributed by atoms with Crippen LogP contribution in [0.4, 0.5) is 0 Å². The molecule has 4 nitrogen and oxygen atoms in total. The zero-order valence-corrected chi connectivity index (χ0v) is 5.87. The zero-order chi connectivity index (χ0) is 7.40. The van der Waals surface area contributed by atoms with Crippen molar-refractivity contribution >= 4 is 0 Å². The molecule has 0 radical (unpaired) electrons. The molecule has 10 heavy (non-hydrogen) atoms. The number of nitrogens with zero attached hydrogens (tertiary/aromatic N) is 2. The quantitative estimate of drug-likeness (QED) is 0.659. The van der Waals surface area contributed by atoms with Crippen molar-refractivity contribution in [2.45, 2.75) is 19.8 Å². The van der Waals surface area contributed by atoms with E-state index in [2.05, 4.69) is 14.9 Å². The van der Waals surface area contributed by atoms with E-state index in [0.29, 0.717) is 0 Å². The van der Waals surface area contributed by atoms with Crippen LogP contribution in [0.3, 0.4) is 0 Å². The highest BCUT2D eigenvalue weighted by atomic mass is 16.6. The molecule has 0 aromatic carbocycles. The van der Waals surface area contributed by atoms with E-state index in [4.69, 9.17) is 5.11 Å². The summed E-state index contributed by atoms with van der Waals surface area (Å²) >= 11 is 0. The summed E-state index contributed by atoms with van der Waals surface area (Å²) in [6.07, 6.45) is 1.46. The fourth-order valence-corrected chi connectivity index (χ4v) is 0.723. The minimum Gasteiger partial charge on any atom is -0.396 e. The van der Waals surface area contributed by atoms with Gasteiger partial charge in [-0.3, -0.25) is 0 Å². The van der Waals surface area contributed by atoms with E-state index in [9.17, 15) is 0 Å². The summed E-state index contributed by atoms with van der Waals surface area (Å²) in [4.78, 5) is 0. The van der Waals surface area contributed by atoms with Gasteiger partial charge in [0.2, 0.25) is 0 Å². The van der Waals surface area contributed by atoms with Crippen LogP contribution in [0.1, 0.15) is 17.8 Å². The van der Waals surface area contributed by atoms with Crippen LogP contribution in [0.2, 0.25) is 0 Å². The molecule has 0 amide bonds. The van der Waals surface area contributed by atoms with Crippen molar-refractivity contribution < 1.29 is 9.74 Å². The van der Waals surface area contributed by atoms with Crippen molar-refractivity contribution in [2.24, 2.45) is 0 Å². The van der Waals surface area contributed by atoms with Crippen molar-refractivity contribution in [1.82, 2.24) is 10.3 Å². The fourth-order valence-electron chi connectivity index (χ4n) is 0.723. The van der Waals surface area contributed by atoms with Crippen LogP contribution in [0.5, 0.6) is 0 Å². The van der Waals surface area contributed by atoms with E-state index in [1.54, 1.807) is 0 Å². The van der Waals surface area contributed by atoms with Gasteiger partial charge in [0.15, 0.2) is 0 Å². The SMILES string of the molecule is Cc1nonc1CCCO. The molecule has 1 aromatic rings. The first-order chi connectivity index (χ1) is 4.84. The Labute approximate surface area is 58.8 Å². The summed E-state index contributed by atoms with van der Waals surface area (Å²) in [7, 11) is 0. The summed E-state index contributed by atoms with van der Waals surface area (Å²) < 4.78 is 4.46. The average molecular weight is 142 g/mol. The molecular weight excluding hydrogens is 132 g/mol. The number of aryl methyl sites for hydroxylation is 2. The number of aromatic nitrogens is 2. The molecule has 0 aliphatic carbocycles. The summed E-state index contributed by atoms with van der Waals surface area (Å²) in [5.74, 6) is 0. The van der Waals surface area contributed by atoms with Crippen molar-refractivity contribution in [3.63, 3.8) is 0 Å². The van der Waals surface area contributed by atoms with Gasteiger partial charge in [-0.25, -0.2) is 4.63 Å². The molecule has 0 aliphatic rings. The van der Waals surface area contributed by atoms with Crippen LogP contribution in [0, 0.1) is 6.92 Å². The Bertz CT molecular complexity index is 197.